The largest absolute Gasteiger partial charge is 0.337 e. The highest BCUT2D eigenvalue weighted by atomic mass is 19.1. The molecule has 0 amide bonds. The molecule has 3 heterocycles. The van der Waals surface area contributed by atoms with Gasteiger partial charge >= 0.3 is 0 Å². The summed E-state index contributed by atoms with van der Waals surface area (Å²) in [4.78, 5) is 7.94. The average molecular weight is 295 g/mol. The monoisotopic (exact) mass is 295 g/mol. The zero-order valence-corrected chi connectivity index (χ0v) is 12.1. The summed E-state index contributed by atoms with van der Waals surface area (Å²) < 4.78 is 17.7. The van der Waals surface area contributed by atoms with Crippen LogP contribution in [0.2, 0.25) is 0 Å². The fourth-order valence-corrected chi connectivity index (χ4v) is 3.01. The molecule has 0 atom stereocenters. The molecular weight excluding hydrogens is 281 g/mol. The van der Waals surface area contributed by atoms with Gasteiger partial charge in [0.2, 0.25) is 5.95 Å². The summed E-state index contributed by atoms with van der Waals surface area (Å²) >= 11 is 0. The molecule has 3 aromatic heterocycles. The molecule has 4 aromatic rings. The molecule has 0 saturated carbocycles. The first-order chi connectivity index (χ1) is 10.7. The van der Waals surface area contributed by atoms with E-state index >= 15 is 0 Å². The van der Waals surface area contributed by atoms with Crippen molar-refractivity contribution < 1.29 is 4.39 Å². The fraction of sp³-hybridized carbons (Fsp3) is 0.188. The van der Waals surface area contributed by atoms with Crippen molar-refractivity contribution in [3.63, 3.8) is 0 Å². The fourth-order valence-electron chi connectivity index (χ4n) is 3.01. The summed E-state index contributed by atoms with van der Waals surface area (Å²) in [5, 5.41) is 6.07. The quantitative estimate of drug-likeness (QED) is 0.546. The molecule has 5 nitrogen and oxygen atoms in total. The molecule has 0 saturated heterocycles. The Balaban J connectivity index is 1.94. The molecule has 0 unspecified atom stereocenters. The van der Waals surface area contributed by atoms with Crippen molar-refractivity contribution in [2.45, 2.75) is 20.0 Å². The van der Waals surface area contributed by atoms with E-state index in [0.717, 1.165) is 28.4 Å². The van der Waals surface area contributed by atoms with Gasteiger partial charge in [-0.1, -0.05) is 18.2 Å². The molecular formula is C16H14FN5. The van der Waals surface area contributed by atoms with Crippen LogP contribution in [-0.4, -0.2) is 24.3 Å². The van der Waals surface area contributed by atoms with E-state index in [4.69, 9.17) is 0 Å². The average Bonchev–Trinajstić information content (AvgIpc) is 3.11. The van der Waals surface area contributed by atoms with E-state index in [0.29, 0.717) is 12.2 Å². The van der Waals surface area contributed by atoms with E-state index in [1.165, 1.54) is 12.4 Å². The number of aromatic nitrogens is 5. The summed E-state index contributed by atoms with van der Waals surface area (Å²) in [6.07, 6.45) is 3.21. The molecule has 0 aliphatic heterocycles. The van der Waals surface area contributed by atoms with Crippen molar-refractivity contribution in [3.8, 4) is 0 Å². The first kappa shape index (κ1) is 12.9. The molecule has 4 rings (SSSR count). The van der Waals surface area contributed by atoms with Crippen LogP contribution in [-0.2, 0) is 13.1 Å². The van der Waals surface area contributed by atoms with E-state index in [-0.39, 0.29) is 0 Å². The van der Waals surface area contributed by atoms with Crippen LogP contribution in [0.15, 0.2) is 43.0 Å². The van der Waals surface area contributed by atoms with E-state index in [1.807, 2.05) is 31.2 Å². The molecule has 22 heavy (non-hydrogen) atoms. The zero-order chi connectivity index (χ0) is 15.1. The standard InChI is InChI=1S/C16H14FN5/c1-11-16-13(8-15(17)20-11)12-4-2-3-5-14(12)22(16)7-6-21-10-18-9-19-21/h2-5,8-10H,6-7H2,1H3. The van der Waals surface area contributed by atoms with Gasteiger partial charge in [-0.2, -0.15) is 9.49 Å². The third-order valence-electron chi connectivity index (χ3n) is 3.91. The van der Waals surface area contributed by atoms with Gasteiger partial charge in [-0.3, -0.25) is 4.68 Å². The second kappa shape index (κ2) is 4.91. The first-order valence-corrected chi connectivity index (χ1v) is 7.10. The second-order valence-electron chi connectivity index (χ2n) is 5.25. The normalized spacial score (nSPS) is 11.5. The van der Waals surface area contributed by atoms with Crippen molar-refractivity contribution in [2.75, 3.05) is 0 Å². The maximum atomic E-state index is 13.7. The number of pyridine rings is 1. The molecule has 0 bridgehead atoms. The lowest BCUT2D eigenvalue weighted by Gasteiger charge is -2.08. The highest BCUT2D eigenvalue weighted by Crippen LogP contribution is 2.30. The number of para-hydroxylation sites is 1. The van der Waals surface area contributed by atoms with E-state index in [1.54, 1.807) is 11.0 Å². The van der Waals surface area contributed by atoms with Crippen LogP contribution in [0.1, 0.15) is 5.69 Å². The SMILES string of the molecule is Cc1nc(F)cc2c3ccccc3n(CCn3cncn3)c12. The number of halogens is 1. The molecule has 110 valence electrons. The van der Waals surface area contributed by atoms with Crippen molar-refractivity contribution in [1.82, 2.24) is 24.3 Å². The van der Waals surface area contributed by atoms with Crippen molar-refractivity contribution in [1.29, 1.82) is 0 Å². The van der Waals surface area contributed by atoms with Gasteiger partial charge in [0.1, 0.15) is 12.7 Å². The van der Waals surface area contributed by atoms with Crippen LogP contribution >= 0.6 is 0 Å². The summed E-state index contributed by atoms with van der Waals surface area (Å²) in [6, 6.07) is 9.54. The molecule has 0 aliphatic rings. The first-order valence-electron chi connectivity index (χ1n) is 7.10. The van der Waals surface area contributed by atoms with Gasteiger partial charge in [0.05, 0.1) is 17.8 Å². The lowest BCUT2D eigenvalue weighted by molar-refractivity contribution is 0.547. The molecule has 1 aromatic carbocycles. The number of nitrogens with zero attached hydrogens (tertiary/aromatic N) is 5. The molecule has 0 aliphatic carbocycles. The zero-order valence-electron chi connectivity index (χ0n) is 12.1. The molecule has 0 spiro atoms. The molecule has 0 fully saturated rings. The van der Waals surface area contributed by atoms with Gasteiger partial charge in [-0.05, 0) is 13.0 Å². The van der Waals surface area contributed by atoms with Gasteiger partial charge < -0.3 is 4.57 Å². The van der Waals surface area contributed by atoms with Crippen LogP contribution in [0.5, 0.6) is 0 Å². The Morgan fingerprint density at radius 3 is 2.82 bits per heavy atom. The van der Waals surface area contributed by atoms with Gasteiger partial charge in [-0.15, -0.1) is 0 Å². The molecule has 6 heteroatoms. The third-order valence-corrected chi connectivity index (χ3v) is 3.91. The highest BCUT2D eigenvalue weighted by molar-refractivity contribution is 6.08. The van der Waals surface area contributed by atoms with E-state index < -0.39 is 5.95 Å². The Morgan fingerprint density at radius 1 is 1.14 bits per heavy atom. The Labute approximate surface area is 126 Å². The minimum atomic E-state index is -0.441. The van der Waals surface area contributed by atoms with Crippen molar-refractivity contribution in [3.05, 3.63) is 54.6 Å². The van der Waals surface area contributed by atoms with Crippen LogP contribution in [0.3, 0.4) is 0 Å². The van der Waals surface area contributed by atoms with Crippen LogP contribution < -0.4 is 0 Å². The number of hydrogen-bond donors (Lipinski definition) is 0. The summed E-state index contributed by atoms with van der Waals surface area (Å²) in [6.45, 7) is 3.27. The van der Waals surface area contributed by atoms with E-state index in [2.05, 4.69) is 19.6 Å². The smallest absolute Gasteiger partial charge is 0.213 e. The highest BCUT2D eigenvalue weighted by Gasteiger charge is 2.14. The van der Waals surface area contributed by atoms with Gasteiger partial charge in [-0.25, -0.2) is 9.97 Å². The Bertz CT molecular complexity index is 956. The lowest BCUT2D eigenvalue weighted by Crippen LogP contribution is -2.08. The third kappa shape index (κ3) is 1.95. The topological polar surface area (TPSA) is 48.5 Å². The van der Waals surface area contributed by atoms with Crippen LogP contribution in [0, 0.1) is 12.9 Å². The van der Waals surface area contributed by atoms with Gasteiger partial charge in [0, 0.05) is 28.9 Å². The maximum absolute atomic E-state index is 13.7. The number of rotatable bonds is 3. The van der Waals surface area contributed by atoms with Gasteiger partial charge in [0.15, 0.2) is 0 Å². The Kier molecular flexibility index (Phi) is 2.89. The predicted molar refractivity (Wildman–Crippen MR) is 82.0 cm³/mol. The maximum Gasteiger partial charge on any atom is 0.213 e. The van der Waals surface area contributed by atoms with Crippen molar-refractivity contribution in [2.24, 2.45) is 0 Å². The minimum absolute atomic E-state index is 0.441. The Hall–Kier alpha value is -2.76. The second-order valence-corrected chi connectivity index (χ2v) is 5.25. The molecule has 0 radical (unpaired) electrons. The minimum Gasteiger partial charge on any atom is -0.337 e. The molecule has 0 N–H and O–H groups in total. The summed E-state index contributed by atoms with van der Waals surface area (Å²) in [5.41, 5.74) is 2.75. The van der Waals surface area contributed by atoms with Crippen molar-refractivity contribution >= 4 is 21.8 Å². The predicted octanol–water partition coefficient (Wildman–Crippen LogP) is 2.93. The number of hydrogen-bond acceptors (Lipinski definition) is 3. The lowest BCUT2D eigenvalue weighted by atomic mass is 10.2. The Morgan fingerprint density at radius 2 is 2.00 bits per heavy atom. The summed E-state index contributed by atoms with van der Waals surface area (Å²) in [7, 11) is 0. The van der Waals surface area contributed by atoms with E-state index in [9.17, 15) is 4.39 Å². The number of benzene rings is 1. The van der Waals surface area contributed by atoms with Crippen LogP contribution in [0.25, 0.3) is 21.8 Å². The number of fused-ring (bicyclic) bond motifs is 3. The van der Waals surface area contributed by atoms with Crippen LogP contribution in [0.4, 0.5) is 4.39 Å². The van der Waals surface area contributed by atoms with Gasteiger partial charge in [0.25, 0.3) is 0 Å². The number of aryl methyl sites for hydroxylation is 3. The summed E-state index contributed by atoms with van der Waals surface area (Å²) in [5.74, 6) is -0.441.